The molecule has 1 fully saturated rings. The minimum Gasteiger partial charge on any atom is -0.485 e. The Balaban J connectivity index is 1.97. The van der Waals surface area contributed by atoms with E-state index in [9.17, 15) is 4.79 Å². The van der Waals surface area contributed by atoms with Gasteiger partial charge >= 0.3 is 5.63 Å². The third kappa shape index (κ3) is 2.14. The molecule has 0 aromatic carbocycles. The highest BCUT2D eigenvalue weighted by molar-refractivity contribution is 5.62. The Hall–Kier alpha value is -1.77. The lowest BCUT2D eigenvalue weighted by Gasteiger charge is -2.34. The van der Waals surface area contributed by atoms with Crippen LogP contribution in [0.4, 0.5) is 0 Å². The first-order valence-electron chi connectivity index (χ1n) is 6.72. The molecule has 0 N–H and O–H groups in total. The maximum Gasteiger partial charge on any atom is 0.346 e. The average Bonchev–Trinajstić information content (AvgIpc) is 2.35. The molecule has 0 saturated heterocycles. The molecule has 0 bridgehead atoms. The van der Waals surface area contributed by atoms with Crippen LogP contribution in [-0.4, -0.2) is 6.10 Å². The zero-order chi connectivity index (χ0) is 13.6. The summed E-state index contributed by atoms with van der Waals surface area (Å²) in [6, 6.07) is 1.80. The van der Waals surface area contributed by atoms with E-state index in [1.165, 1.54) is 11.1 Å². The number of hydrogen-bond acceptors (Lipinski definition) is 3. The monoisotopic (exact) mass is 258 g/mol. The first-order valence-corrected chi connectivity index (χ1v) is 6.72. The number of fused-ring (bicyclic) bond motifs is 2. The summed E-state index contributed by atoms with van der Waals surface area (Å²) < 4.78 is 11.1. The molecule has 19 heavy (non-hydrogen) atoms. The van der Waals surface area contributed by atoms with Crippen molar-refractivity contribution in [2.75, 3.05) is 0 Å². The predicted octanol–water partition coefficient (Wildman–Crippen LogP) is 3.47. The molecule has 1 aromatic heterocycles. The molecule has 0 spiro atoms. The normalized spacial score (nSPS) is 24.8. The second kappa shape index (κ2) is 4.41. The fraction of sp³-hybridized carbons (Fsp3) is 0.438. The summed E-state index contributed by atoms with van der Waals surface area (Å²) in [4.78, 5) is 11.8. The van der Waals surface area contributed by atoms with Crippen molar-refractivity contribution in [3.63, 3.8) is 0 Å². The Bertz CT molecular complexity index is 621. The van der Waals surface area contributed by atoms with Crippen LogP contribution in [0.5, 0.6) is 5.75 Å². The molecule has 1 aliphatic heterocycles. The minimum absolute atomic E-state index is 0.0872. The van der Waals surface area contributed by atoms with Crippen LogP contribution in [0.15, 0.2) is 33.0 Å². The van der Waals surface area contributed by atoms with Gasteiger partial charge in [-0.15, -0.1) is 0 Å². The van der Waals surface area contributed by atoms with E-state index in [1.807, 2.05) is 6.08 Å². The van der Waals surface area contributed by atoms with Crippen molar-refractivity contribution in [2.24, 2.45) is 5.92 Å². The summed E-state index contributed by atoms with van der Waals surface area (Å²) in [5, 5.41) is 0. The Morgan fingerprint density at radius 1 is 1.47 bits per heavy atom. The van der Waals surface area contributed by atoms with Crippen molar-refractivity contribution in [1.82, 2.24) is 0 Å². The molecule has 1 saturated carbocycles. The first kappa shape index (κ1) is 12.3. The van der Waals surface area contributed by atoms with Crippen LogP contribution in [-0.2, 0) is 0 Å². The van der Waals surface area contributed by atoms with Crippen LogP contribution < -0.4 is 10.4 Å². The van der Waals surface area contributed by atoms with E-state index < -0.39 is 0 Å². The Kier molecular flexibility index (Phi) is 2.85. The predicted molar refractivity (Wildman–Crippen MR) is 74.3 cm³/mol. The van der Waals surface area contributed by atoms with Crippen LogP contribution in [0.2, 0.25) is 0 Å². The lowest BCUT2D eigenvalue weighted by molar-refractivity contribution is 0.176. The van der Waals surface area contributed by atoms with Crippen LogP contribution in [0.3, 0.4) is 0 Å². The van der Waals surface area contributed by atoms with Crippen LogP contribution in [0, 0.1) is 12.8 Å². The van der Waals surface area contributed by atoms with Gasteiger partial charge < -0.3 is 9.15 Å². The van der Waals surface area contributed by atoms with E-state index in [4.69, 9.17) is 9.15 Å². The summed E-state index contributed by atoms with van der Waals surface area (Å²) in [6.07, 6.45) is 5.07. The lowest BCUT2D eigenvalue weighted by atomic mass is 9.79. The highest BCUT2D eigenvalue weighted by atomic mass is 16.5. The molecule has 0 unspecified atom stereocenters. The fourth-order valence-corrected chi connectivity index (χ4v) is 2.93. The number of allylic oxidation sites excluding steroid dienone is 1. The van der Waals surface area contributed by atoms with Gasteiger partial charge in [-0.05, 0) is 50.7 Å². The molecular formula is C16H18O3. The molecular weight excluding hydrogens is 240 g/mol. The molecule has 2 aliphatic rings. The van der Waals surface area contributed by atoms with Crippen molar-refractivity contribution >= 4 is 6.08 Å². The molecule has 3 nitrogen and oxygen atoms in total. The Morgan fingerprint density at radius 3 is 3.00 bits per heavy atom. The van der Waals surface area contributed by atoms with Gasteiger partial charge in [0.15, 0.2) is 0 Å². The maximum atomic E-state index is 11.8. The summed E-state index contributed by atoms with van der Waals surface area (Å²) in [6.45, 7) is 7.89. The first-order chi connectivity index (χ1) is 9.04. The quantitative estimate of drug-likeness (QED) is 0.724. The number of aryl methyl sites for hydroxylation is 1. The van der Waals surface area contributed by atoms with Gasteiger partial charge in [-0.2, -0.15) is 0 Å². The molecule has 1 aromatic rings. The number of ether oxygens (including phenoxy) is 1. The SMILES string of the molecule is C=C(C)[C@@H]1CCC2=Cc3c(cc(C)oc3=O)O[C@@H]2C1. The average molecular weight is 258 g/mol. The molecule has 100 valence electrons. The topological polar surface area (TPSA) is 39.4 Å². The second-order valence-electron chi connectivity index (χ2n) is 5.57. The van der Waals surface area contributed by atoms with Crippen molar-refractivity contribution in [3.8, 4) is 5.75 Å². The molecule has 2 heterocycles. The van der Waals surface area contributed by atoms with E-state index >= 15 is 0 Å². The minimum atomic E-state index is -0.303. The Labute approximate surface area is 112 Å². The molecule has 0 radical (unpaired) electrons. The van der Waals surface area contributed by atoms with Gasteiger partial charge in [0.1, 0.15) is 23.2 Å². The smallest absolute Gasteiger partial charge is 0.346 e. The van der Waals surface area contributed by atoms with Gasteiger partial charge in [-0.1, -0.05) is 12.2 Å². The zero-order valence-electron chi connectivity index (χ0n) is 11.4. The summed E-state index contributed by atoms with van der Waals surface area (Å²) in [5.74, 6) is 1.77. The van der Waals surface area contributed by atoms with Gasteiger partial charge in [0.2, 0.25) is 0 Å². The second-order valence-corrected chi connectivity index (χ2v) is 5.57. The van der Waals surface area contributed by atoms with E-state index in [-0.39, 0.29) is 11.7 Å². The Morgan fingerprint density at radius 2 is 2.26 bits per heavy atom. The van der Waals surface area contributed by atoms with Crippen molar-refractivity contribution in [2.45, 2.75) is 39.2 Å². The highest BCUT2D eigenvalue weighted by Crippen LogP contribution is 2.39. The van der Waals surface area contributed by atoms with Gasteiger partial charge in [0, 0.05) is 6.07 Å². The standard InChI is InChI=1S/C16H18O3/c1-9(2)11-4-5-12-7-13-15(19-14(12)8-11)6-10(3)18-16(13)17/h6-7,11,14H,1,4-5,8H2,2-3H3/t11-,14-/m1/s1. The van der Waals surface area contributed by atoms with Gasteiger partial charge in [0.25, 0.3) is 0 Å². The molecule has 1 aliphatic carbocycles. The third-order valence-electron chi connectivity index (χ3n) is 4.06. The van der Waals surface area contributed by atoms with Crippen molar-refractivity contribution in [3.05, 3.63) is 45.5 Å². The van der Waals surface area contributed by atoms with Crippen molar-refractivity contribution in [1.29, 1.82) is 0 Å². The largest absolute Gasteiger partial charge is 0.485 e. The highest BCUT2D eigenvalue weighted by Gasteiger charge is 2.31. The van der Waals surface area contributed by atoms with Gasteiger partial charge in [-0.25, -0.2) is 4.79 Å². The van der Waals surface area contributed by atoms with E-state index in [1.54, 1.807) is 13.0 Å². The van der Waals surface area contributed by atoms with Gasteiger partial charge in [0.05, 0.1) is 0 Å². The number of hydrogen-bond donors (Lipinski definition) is 0. The summed E-state index contributed by atoms with van der Waals surface area (Å²) in [7, 11) is 0. The molecule has 2 atom stereocenters. The maximum absolute atomic E-state index is 11.8. The fourth-order valence-electron chi connectivity index (χ4n) is 2.93. The van der Waals surface area contributed by atoms with E-state index in [0.717, 1.165) is 19.3 Å². The van der Waals surface area contributed by atoms with Crippen LogP contribution in [0.1, 0.15) is 37.5 Å². The molecule has 0 amide bonds. The van der Waals surface area contributed by atoms with Crippen LogP contribution >= 0.6 is 0 Å². The van der Waals surface area contributed by atoms with E-state index in [2.05, 4.69) is 13.5 Å². The third-order valence-corrected chi connectivity index (χ3v) is 4.06. The summed E-state index contributed by atoms with van der Waals surface area (Å²) in [5.41, 5.74) is 2.69. The van der Waals surface area contributed by atoms with E-state index in [0.29, 0.717) is 23.0 Å². The lowest BCUT2D eigenvalue weighted by Crippen LogP contribution is -2.31. The number of rotatable bonds is 1. The zero-order valence-corrected chi connectivity index (χ0v) is 11.4. The summed E-state index contributed by atoms with van der Waals surface area (Å²) >= 11 is 0. The van der Waals surface area contributed by atoms with Gasteiger partial charge in [-0.3, -0.25) is 0 Å². The molecule has 3 heteroatoms. The molecule has 3 rings (SSSR count). The van der Waals surface area contributed by atoms with Crippen molar-refractivity contribution < 1.29 is 9.15 Å². The van der Waals surface area contributed by atoms with Crippen LogP contribution in [0.25, 0.3) is 6.08 Å².